The summed E-state index contributed by atoms with van der Waals surface area (Å²) in [7, 11) is 0.458. The molecule has 0 bridgehead atoms. The lowest BCUT2D eigenvalue weighted by atomic mass is 9.78. The number of amides is 2. The number of halogens is 2. The molecule has 27 heavy (non-hydrogen) atoms. The maximum Gasteiger partial charge on any atom is 0.491 e. The lowest BCUT2D eigenvalue weighted by Crippen LogP contribution is -2.57. The van der Waals surface area contributed by atoms with Crippen molar-refractivity contribution in [3.63, 3.8) is 0 Å². The first kappa shape index (κ1) is 19.8. The van der Waals surface area contributed by atoms with Gasteiger partial charge in [-0.2, -0.15) is 0 Å². The van der Waals surface area contributed by atoms with E-state index in [4.69, 9.17) is 4.65 Å². The standard InChI is InChI=1S/C18H23BF2N2O4/c1-3-27-19(26)14-6-4-5-12(9-14)16(24)23-8-7-22(2)17(25)15(23)10-13-11-18(13,20)21/h4-6,9,13,15,26H,3,7-8,10-11H2,1-2H3. The summed E-state index contributed by atoms with van der Waals surface area (Å²) in [6, 6.07) is 5.45. The summed E-state index contributed by atoms with van der Waals surface area (Å²) < 4.78 is 31.9. The van der Waals surface area contributed by atoms with Crippen LogP contribution >= 0.6 is 0 Å². The minimum absolute atomic E-state index is 0.0385. The number of hydrogen-bond acceptors (Lipinski definition) is 4. The van der Waals surface area contributed by atoms with E-state index >= 15 is 0 Å². The summed E-state index contributed by atoms with van der Waals surface area (Å²) >= 11 is 0. The van der Waals surface area contributed by atoms with E-state index in [2.05, 4.69) is 0 Å². The Balaban J connectivity index is 1.81. The molecule has 2 fully saturated rings. The predicted molar refractivity (Wildman–Crippen MR) is 95.8 cm³/mol. The lowest BCUT2D eigenvalue weighted by molar-refractivity contribution is -0.139. The number of carbonyl (C=O) groups excluding carboxylic acids is 2. The third-order valence-corrected chi connectivity index (χ3v) is 5.18. The normalized spacial score (nSPS) is 24.1. The molecule has 1 saturated heterocycles. The van der Waals surface area contributed by atoms with Crippen molar-refractivity contribution >= 4 is 24.4 Å². The van der Waals surface area contributed by atoms with Crippen LogP contribution in [0.1, 0.15) is 30.1 Å². The van der Waals surface area contributed by atoms with Crippen molar-refractivity contribution in [3.8, 4) is 0 Å². The van der Waals surface area contributed by atoms with Gasteiger partial charge in [-0.25, -0.2) is 8.78 Å². The second kappa shape index (κ2) is 7.56. The SMILES string of the molecule is CCOB(O)c1cccc(C(=O)N2CCN(C)C(=O)C2CC2CC2(F)F)c1. The Hall–Kier alpha value is -2.00. The molecule has 2 atom stereocenters. The largest absolute Gasteiger partial charge is 0.491 e. The highest BCUT2D eigenvalue weighted by Crippen LogP contribution is 2.51. The molecule has 2 aliphatic rings. The Kier molecular flexibility index (Phi) is 5.53. The van der Waals surface area contributed by atoms with E-state index in [1.807, 2.05) is 0 Å². The van der Waals surface area contributed by atoms with Crippen molar-refractivity contribution in [1.29, 1.82) is 0 Å². The van der Waals surface area contributed by atoms with Crippen LogP contribution in [0, 0.1) is 5.92 Å². The fourth-order valence-corrected chi connectivity index (χ4v) is 3.42. The topological polar surface area (TPSA) is 70.1 Å². The zero-order chi connectivity index (χ0) is 19.8. The van der Waals surface area contributed by atoms with Gasteiger partial charge in [0.1, 0.15) is 6.04 Å². The molecule has 1 saturated carbocycles. The number of hydrogen-bond donors (Lipinski definition) is 1. The summed E-state index contributed by atoms with van der Waals surface area (Å²) in [6.45, 7) is 2.68. The quantitative estimate of drug-likeness (QED) is 0.740. The molecular formula is C18H23BF2N2O4. The van der Waals surface area contributed by atoms with Gasteiger partial charge in [-0.1, -0.05) is 12.1 Å². The highest BCUT2D eigenvalue weighted by molar-refractivity contribution is 6.60. The Morgan fingerprint density at radius 2 is 2.11 bits per heavy atom. The highest BCUT2D eigenvalue weighted by Gasteiger charge is 2.58. The lowest BCUT2D eigenvalue weighted by Gasteiger charge is -2.39. The summed E-state index contributed by atoms with van der Waals surface area (Å²) in [4.78, 5) is 28.4. The Morgan fingerprint density at radius 3 is 2.74 bits per heavy atom. The molecule has 1 N–H and O–H groups in total. The monoisotopic (exact) mass is 380 g/mol. The fraction of sp³-hybridized carbons (Fsp3) is 0.556. The van der Waals surface area contributed by atoms with Crippen molar-refractivity contribution in [1.82, 2.24) is 9.80 Å². The van der Waals surface area contributed by atoms with E-state index in [9.17, 15) is 23.4 Å². The summed E-state index contributed by atoms with van der Waals surface area (Å²) in [5.41, 5.74) is 0.713. The van der Waals surface area contributed by atoms with Gasteiger partial charge in [0.15, 0.2) is 0 Å². The highest BCUT2D eigenvalue weighted by atomic mass is 19.3. The summed E-state index contributed by atoms with van der Waals surface area (Å²) in [5, 5.41) is 9.96. The zero-order valence-corrected chi connectivity index (χ0v) is 15.4. The zero-order valence-electron chi connectivity index (χ0n) is 15.4. The van der Waals surface area contributed by atoms with Crippen LogP contribution in [0.5, 0.6) is 0 Å². The number of rotatable bonds is 6. The van der Waals surface area contributed by atoms with Crippen LogP contribution in [0.25, 0.3) is 0 Å². The molecule has 1 aromatic carbocycles. The van der Waals surface area contributed by atoms with Gasteiger partial charge in [0.25, 0.3) is 11.8 Å². The third-order valence-electron chi connectivity index (χ3n) is 5.18. The molecule has 0 aromatic heterocycles. The molecule has 0 radical (unpaired) electrons. The predicted octanol–water partition coefficient (Wildman–Crippen LogP) is 0.739. The third kappa shape index (κ3) is 4.14. The molecule has 9 heteroatoms. The van der Waals surface area contributed by atoms with Crippen LogP contribution in [0.3, 0.4) is 0 Å². The number of benzene rings is 1. The van der Waals surface area contributed by atoms with Crippen LogP contribution < -0.4 is 5.46 Å². The fourth-order valence-electron chi connectivity index (χ4n) is 3.42. The van der Waals surface area contributed by atoms with Gasteiger partial charge < -0.3 is 19.5 Å². The molecule has 2 unspecified atom stereocenters. The maximum atomic E-state index is 13.4. The van der Waals surface area contributed by atoms with Gasteiger partial charge in [0.05, 0.1) is 0 Å². The molecule has 1 aliphatic carbocycles. The van der Waals surface area contributed by atoms with E-state index in [0.29, 0.717) is 18.6 Å². The molecule has 2 amide bonds. The Morgan fingerprint density at radius 1 is 1.41 bits per heavy atom. The van der Waals surface area contributed by atoms with Crippen LogP contribution in [0.4, 0.5) is 8.78 Å². The average Bonchev–Trinajstić information content (AvgIpc) is 3.25. The van der Waals surface area contributed by atoms with Crippen molar-refractivity contribution in [2.24, 2.45) is 5.92 Å². The number of nitrogens with zero attached hydrogens (tertiary/aromatic N) is 2. The van der Waals surface area contributed by atoms with E-state index in [1.54, 1.807) is 32.2 Å². The van der Waals surface area contributed by atoms with Crippen LogP contribution in [-0.4, -0.2) is 72.5 Å². The minimum Gasteiger partial charge on any atom is -0.423 e. The Bertz CT molecular complexity index is 733. The van der Waals surface area contributed by atoms with Crippen LogP contribution in [-0.2, 0) is 9.45 Å². The van der Waals surface area contributed by atoms with Gasteiger partial charge in [-0.05, 0) is 30.9 Å². The first-order valence-electron chi connectivity index (χ1n) is 9.08. The average molecular weight is 380 g/mol. The molecule has 0 spiro atoms. The molecule has 146 valence electrons. The number of carbonyl (C=O) groups is 2. The number of piperazine rings is 1. The first-order chi connectivity index (χ1) is 12.7. The van der Waals surface area contributed by atoms with Gasteiger partial charge in [-0.3, -0.25) is 9.59 Å². The van der Waals surface area contributed by atoms with E-state index in [-0.39, 0.29) is 30.9 Å². The van der Waals surface area contributed by atoms with Crippen molar-refractivity contribution in [2.45, 2.75) is 31.7 Å². The minimum atomic E-state index is -2.74. The van der Waals surface area contributed by atoms with Crippen molar-refractivity contribution in [2.75, 3.05) is 26.7 Å². The van der Waals surface area contributed by atoms with Gasteiger partial charge >= 0.3 is 7.12 Å². The molecule has 3 rings (SSSR count). The van der Waals surface area contributed by atoms with E-state index in [1.165, 1.54) is 15.9 Å². The maximum absolute atomic E-state index is 13.4. The Labute approximate surface area is 157 Å². The van der Waals surface area contributed by atoms with Gasteiger partial charge in [0, 0.05) is 44.6 Å². The summed E-state index contributed by atoms with van der Waals surface area (Å²) in [6.07, 6.45) is -0.276. The first-order valence-corrected chi connectivity index (χ1v) is 9.08. The van der Waals surface area contributed by atoms with Crippen LogP contribution in [0.15, 0.2) is 24.3 Å². The van der Waals surface area contributed by atoms with Crippen LogP contribution in [0.2, 0.25) is 0 Å². The molecule has 1 aromatic rings. The second-order valence-electron chi connectivity index (χ2n) is 7.11. The molecule has 1 heterocycles. The van der Waals surface area contributed by atoms with E-state index in [0.717, 1.165) is 0 Å². The number of alkyl halides is 2. The molecular weight excluding hydrogens is 357 g/mol. The van der Waals surface area contributed by atoms with Gasteiger partial charge in [-0.15, -0.1) is 0 Å². The molecule has 6 nitrogen and oxygen atoms in total. The summed E-state index contributed by atoms with van der Waals surface area (Å²) in [5.74, 6) is -4.33. The second-order valence-corrected chi connectivity index (χ2v) is 7.11. The van der Waals surface area contributed by atoms with E-state index < -0.39 is 30.9 Å². The van der Waals surface area contributed by atoms with Crippen molar-refractivity contribution < 1.29 is 28.0 Å². The smallest absolute Gasteiger partial charge is 0.423 e. The van der Waals surface area contributed by atoms with Crippen molar-refractivity contribution in [3.05, 3.63) is 29.8 Å². The van der Waals surface area contributed by atoms with Gasteiger partial charge in [0.2, 0.25) is 5.91 Å². The molecule has 1 aliphatic heterocycles. The number of likely N-dealkylation sites (N-methyl/N-ethyl adjacent to an activating group) is 1.